The van der Waals surface area contributed by atoms with Gasteiger partial charge in [0, 0.05) is 6.42 Å². The Hall–Kier alpha value is -0.100. The van der Waals surface area contributed by atoms with Crippen LogP contribution < -0.4 is 5.09 Å². The quantitative estimate of drug-likeness (QED) is 0.456. The highest BCUT2D eigenvalue weighted by atomic mass is 31.0. The molecule has 2 unspecified atom stereocenters. The van der Waals surface area contributed by atoms with E-state index in [0.29, 0.717) is 6.42 Å². The highest BCUT2D eigenvalue weighted by Gasteiger charge is 2.25. The molecule has 1 N–H and O–H groups in total. The van der Waals surface area contributed by atoms with Crippen LogP contribution in [0.15, 0.2) is 0 Å². The molecule has 3 heteroatoms. The Morgan fingerprint density at radius 3 is 2.18 bits per heavy atom. The first-order valence-corrected chi connectivity index (χ1v) is 7.65. The van der Waals surface area contributed by atoms with E-state index in [1.54, 1.807) is 0 Å². The van der Waals surface area contributed by atoms with Gasteiger partial charge in [-0.3, -0.25) is 4.79 Å². The molecular weight excluding hydrogens is 229 g/mol. The molecule has 0 aromatic rings. The van der Waals surface area contributed by atoms with E-state index in [-0.39, 0.29) is 11.3 Å². The minimum Gasteiger partial charge on any atom is -0.341 e. The summed E-state index contributed by atoms with van der Waals surface area (Å²) in [6, 6.07) is 0. The van der Waals surface area contributed by atoms with Crippen molar-refractivity contribution in [3.8, 4) is 0 Å². The molecule has 0 aliphatic rings. The number of hydrogen-bond donors (Lipinski definition) is 1. The topological polar surface area (TPSA) is 29.1 Å². The van der Waals surface area contributed by atoms with Gasteiger partial charge in [-0.25, -0.2) is 0 Å². The summed E-state index contributed by atoms with van der Waals surface area (Å²) in [5.41, 5.74) is 0.199. The number of hydrogen-bond acceptors (Lipinski definition) is 1. The van der Waals surface area contributed by atoms with Crippen LogP contribution in [0.3, 0.4) is 0 Å². The molecule has 1 amide bonds. The van der Waals surface area contributed by atoms with E-state index >= 15 is 0 Å². The molecule has 0 aromatic carbocycles. The maximum atomic E-state index is 11.5. The largest absolute Gasteiger partial charge is 0.341 e. The predicted octanol–water partition coefficient (Wildman–Crippen LogP) is 4.45. The monoisotopic (exact) mass is 259 g/mol. The zero-order chi connectivity index (χ0) is 13.1. The third-order valence-electron chi connectivity index (χ3n) is 3.52. The average molecular weight is 259 g/mol. The van der Waals surface area contributed by atoms with Crippen LogP contribution in [0.2, 0.25) is 0 Å². The van der Waals surface area contributed by atoms with Gasteiger partial charge in [0.15, 0.2) is 0 Å². The van der Waals surface area contributed by atoms with E-state index in [9.17, 15) is 4.79 Å². The number of amides is 1. The molecule has 0 aliphatic carbocycles. The van der Waals surface area contributed by atoms with Crippen molar-refractivity contribution in [3.63, 3.8) is 0 Å². The van der Waals surface area contributed by atoms with Gasteiger partial charge in [-0.2, -0.15) is 0 Å². The van der Waals surface area contributed by atoms with Gasteiger partial charge < -0.3 is 5.09 Å². The minimum absolute atomic E-state index is 0.157. The number of rotatable bonds is 10. The van der Waals surface area contributed by atoms with Crippen molar-refractivity contribution >= 4 is 15.3 Å². The van der Waals surface area contributed by atoms with E-state index in [4.69, 9.17) is 0 Å². The fraction of sp³-hybridized carbons (Fsp3) is 0.929. The molecule has 17 heavy (non-hydrogen) atoms. The highest BCUT2D eigenvalue weighted by molar-refractivity contribution is 7.15. The Morgan fingerprint density at radius 2 is 1.65 bits per heavy atom. The van der Waals surface area contributed by atoms with Crippen LogP contribution in [0.4, 0.5) is 0 Å². The second kappa shape index (κ2) is 9.88. The molecule has 0 aliphatic heterocycles. The lowest BCUT2D eigenvalue weighted by Crippen LogP contribution is -2.25. The lowest BCUT2D eigenvalue weighted by Gasteiger charge is -2.29. The molecule has 0 radical (unpaired) electrons. The standard InChI is InChI=1S/C14H30NOP/c1-4-6-8-9-11-14(3,10-7-5-2)12-13(16)15-17/h4-12,17H2,1-3H3,(H,15,16). The molecule has 0 saturated heterocycles. The first-order chi connectivity index (χ1) is 8.08. The van der Waals surface area contributed by atoms with E-state index in [1.807, 2.05) is 0 Å². The van der Waals surface area contributed by atoms with Gasteiger partial charge in [-0.05, 0) is 27.6 Å². The predicted molar refractivity (Wildman–Crippen MR) is 78.9 cm³/mol. The maximum Gasteiger partial charge on any atom is 0.223 e. The highest BCUT2D eigenvalue weighted by Crippen LogP contribution is 2.34. The second-order valence-corrected chi connectivity index (χ2v) is 5.76. The summed E-state index contributed by atoms with van der Waals surface area (Å²) < 4.78 is 0. The Morgan fingerprint density at radius 1 is 1.06 bits per heavy atom. The molecule has 0 spiro atoms. The van der Waals surface area contributed by atoms with Crippen LogP contribution in [0.5, 0.6) is 0 Å². The Kier molecular flexibility index (Phi) is 9.82. The Bertz CT molecular complexity index is 208. The van der Waals surface area contributed by atoms with Gasteiger partial charge in [0.25, 0.3) is 0 Å². The van der Waals surface area contributed by atoms with Crippen LogP contribution in [0.1, 0.15) is 78.6 Å². The van der Waals surface area contributed by atoms with Gasteiger partial charge in [-0.1, -0.05) is 59.3 Å². The summed E-state index contributed by atoms with van der Waals surface area (Å²) >= 11 is 0. The fourth-order valence-electron chi connectivity index (χ4n) is 2.32. The molecule has 2 nitrogen and oxygen atoms in total. The molecular formula is C14H30NOP. The van der Waals surface area contributed by atoms with Crippen molar-refractivity contribution in [1.82, 2.24) is 5.09 Å². The molecule has 0 fully saturated rings. The summed E-state index contributed by atoms with van der Waals surface area (Å²) in [5, 5.41) is 2.68. The van der Waals surface area contributed by atoms with Crippen molar-refractivity contribution < 1.29 is 4.79 Å². The third-order valence-corrected chi connectivity index (χ3v) is 3.84. The van der Waals surface area contributed by atoms with Gasteiger partial charge in [-0.15, -0.1) is 0 Å². The first kappa shape index (κ1) is 16.9. The van der Waals surface area contributed by atoms with Gasteiger partial charge in [0.05, 0.1) is 0 Å². The zero-order valence-electron chi connectivity index (χ0n) is 11.8. The van der Waals surface area contributed by atoms with Crippen LogP contribution in [-0.2, 0) is 4.79 Å². The molecule has 0 aromatic heterocycles. The number of nitrogens with one attached hydrogen (secondary N) is 1. The minimum atomic E-state index is 0.157. The maximum absolute atomic E-state index is 11.5. The van der Waals surface area contributed by atoms with Crippen molar-refractivity contribution in [2.45, 2.75) is 78.6 Å². The van der Waals surface area contributed by atoms with E-state index < -0.39 is 0 Å². The summed E-state index contributed by atoms with van der Waals surface area (Å²) in [4.78, 5) is 11.5. The van der Waals surface area contributed by atoms with E-state index in [0.717, 1.165) is 0 Å². The van der Waals surface area contributed by atoms with E-state index in [1.165, 1.54) is 51.4 Å². The lowest BCUT2D eigenvalue weighted by molar-refractivity contribution is -0.121. The second-order valence-electron chi connectivity index (χ2n) is 5.47. The van der Waals surface area contributed by atoms with Crippen molar-refractivity contribution in [2.24, 2.45) is 5.41 Å². The van der Waals surface area contributed by atoms with Crippen molar-refractivity contribution in [1.29, 1.82) is 0 Å². The first-order valence-electron chi connectivity index (χ1n) is 7.07. The molecule has 102 valence electrons. The Balaban J connectivity index is 4.13. The number of unbranched alkanes of at least 4 members (excludes halogenated alkanes) is 4. The average Bonchev–Trinajstić information content (AvgIpc) is 2.32. The number of carbonyl (C=O) groups is 1. The smallest absolute Gasteiger partial charge is 0.223 e. The molecule has 2 atom stereocenters. The third kappa shape index (κ3) is 8.60. The van der Waals surface area contributed by atoms with E-state index in [2.05, 4.69) is 35.2 Å². The van der Waals surface area contributed by atoms with Gasteiger partial charge in [0.1, 0.15) is 0 Å². The van der Waals surface area contributed by atoms with Crippen molar-refractivity contribution in [2.75, 3.05) is 0 Å². The van der Waals surface area contributed by atoms with Crippen molar-refractivity contribution in [3.05, 3.63) is 0 Å². The normalized spacial score (nSPS) is 14.4. The van der Waals surface area contributed by atoms with Gasteiger partial charge >= 0.3 is 0 Å². The lowest BCUT2D eigenvalue weighted by atomic mass is 9.77. The van der Waals surface area contributed by atoms with Crippen LogP contribution in [-0.4, -0.2) is 5.91 Å². The molecule has 0 bridgehead atoms. The number of carbonyl (C=O) groups excluding carboxylic acids is 1. The van der Waals surface area contributed by atoms with Gasteiger partial charge in [0.2, 0.25) is 5.91 Å². The summed E-state index contributed by atoms with van der Waals surface area (Å²) in [6.07, 6.45) is 10.6. The molecule has 0 heterocycles. The summed E-state index contributed by atoms with van der Waals surface area (Å²) in [6.45, 7) is 6.72. The molecule has 0 saturated carbocycles. The van der Waals surface area contributed by atoms with Crippen LogP contribution in [0.25, 0.3) is 0 Å². The Labute approximate surface area is 110 Å². The zero-order valence-corrected chi connectivity index (χ0v) is 13.0. The fourth-order valence-corrected chi connectivity index (χ4v) is 2.42. The van der Waals surface area contributed by atoms with Crippen LogP contribution in [0, 0.1) is 5.41 Å². The molecule has 0 rings (SSSR count). The SMILES string of the molecule is CCCCCCC(C)(CCCC)CC(=O)NP. The van der Waals surface area contributed by atoms with Crippen LogP contribution >= 0.6 is 9.39 Å². The summed E-state index contributed by atoms with van der Waals surface area (Å²) in [7, 11) is 2.31. The summed E-state index contributed by atoms with van der Waals surface area (Å²) in [5.74, 6) is 0.157.